The van der Waals surface area contributed by atoms with Crippen molar-refractivity contribution in [2.24, 2.45) is 5.41 Å². The number of aromatic nitrogens is 2. The molecule has 0 bridgehead atoms. The molecule has 1 aliphatic heterocycles. The maximum Gasteiger partial charge on any atom is 0.136 e. The molecule has 4 nitrogen and oxygen atoms in total. The standard InChI is InChI=1S/C14H25N3OS/c1-13(2,3)12-9-10(11-7-8-15-17(11)12)16-19(18)14(4,5)6/h7-8,10,12,16H,9H2,1-6H3/t10-,12?,19+/m1/s1. The fourth-order valence-electron chi connectivity index (χ4n) is 2.44. The molecular weight excluding hydrogens is 258 g/mol. The maximum absolute atomic E-state index is 12.3. The lowest BCUT2D eigenvalue weighted by Crippen LogP contribution is -2.40. The van der Waals surface area contributed by atoms with E-state index in [1.165, 1.54) is 0 Å². The van der Waals surface area contributed by atoms with Crippen molar-refractivity contribution in [3.8, 4) is 0 Å². The summed E-state index contributed by atoms with van der Waals surface area (Å²) in [5.41, 5.74) is 1.30. The fourth-order valence-corrected chi connectivity index (χ4v) is 3.27. The molecule has 0 fully saturated rings. The second-order valence-electron chi connectivity index (χ2n) is 7.37. The van der Waals surface area contributed by atoms with Crippen LogP contribution in [0.25, 0.3) is 0 Å². The summed E-state index contributed by atoms with van der Waals surface area (Å²) in [6.45, 7) is 12.7. The number of nitrogens with one attached hydrogen (secondary N) is 1. The van der Waals surface area contributed by atoms with Crippen molar-refractivity contribution >= 4 is 11.4 Å². The normalized spacial score (nSPS) is 25.4. The lowest BCUT2D eigenvalue weighted by molar-refractivity contribution is 0.229. The van der Waals surface area contributed by atoms with Gasteiger partial charge in [0.2, 0.25) is 0 Å². The zero-order chi connectivity index (χ0) is 14.4. The highest BCUT2D eigenvalue weighted by molar-refractivity contribution is 7.90. The highest BCUT2D eigenvalue weighted by Crippen LogP contribution is 2.44. The summed E-state index contributed by atoms with van der Waals surface area (Å²) in [6.07, 6.45) is 2.79. The minimum absolute atomic E-state index is 0.131. The van der Waals surface area contributed by atoms with Crippen LogP contribution in [0.3, 0.4) is 0 Å². The van der Waals surface area contributed by atoms with Gasteiger partial charge in [0.25, 0.3) is 0 Å². The molecule has 0 spiro atoms. The molecule has 0 saturated carbocycles. The average molecular weight is 283 g/mol. The van der Waals surface area contributed by atoms with Crippen molar-refractivity contribution in [1.82, 2.24) is 14.5 Å². The van der Waals surface area contributed by atoms with E-state index in [4.69, 9.17) is 0 Å². The lowest BCUT2D eigenvalue weighted by atomic mass is 9.85. The molecule has 1 aromatic rings. The van der Waals surface area contributed by atoms with E-state index in [9.17, 15) is 4.55 Å². The molecule has 0 saturated heterocycles. The highest BCUT2D eigenvalue weighted by atomic mass is 32.2. The van der Waals surface area contributed by atoms with Gasteiger partial charge in [-0.25, -0.2) is 0 Å². The van der Waals surface area contributed by atoms with Gasteiger partial charge in [0.05, 0.1) is 17.8 Å². The van der Waals surface area contributed by atoms with E-state index in [2.05, 4.69) is 35.3 Å². The Morgan fingerprint density at radius 2 is 1.95 bits per heavy atom. The summed E-state index contributed by atoms with van der Waals surface area (Å²) in [7, 11) is 0. The third kappa shape index (κ3) is 2.98. The first-order chi connectivity index (χ1) is 8.60. The van der Waals surface area contributed by atoms with Crippen molar-refractivity contribution in [1.29, 1.82) is 0 Å². The van der Waals surface area contributed by atoms with E-state index < -0.39 is 11.4 Å². The zero-order valence-electron chi connectivity index (χ0n) is 12.7. The van der Waals surface area contributed by atoms with E-state index in [-0.39, 0.29) is 16.2 Å². The minimum Gasteiger partial charge on any atom is -0.598 e. The van der Waals surface area contributed by atoms with Gasteiger partial charge in [-0.05, 0) is 38.7 Å². The van der Waals surface area contributed by atoms with E-state index in [0.717, 1.165) is 12.1 Å². The van der Waals surface area contributed by atoms with Crippen LogP contribution < -0.4 is 4.72 Å². The Hall–Kier alpha value is -0.520. The molecule has 108 valence electrons. The summed E-state index contributed by atoms with van der Waals surface area (Å²) in [6, 6.07) is 2.52. The Balaban J connectivity index is 2.19. The van der Waals surface area contributed by atoms with Crippen LogP contribution in [-0.4, -0.2) is 19.1 Å². The molecule has 5 heteroatoms. The number of hydrogen-bond acceptors (Lipinski definition) is 3. The summed E-state index contributed by atoms with van der Waals surface area (Å²) < 4.78 is 17.4. The first-order valence-corrected chi connectivity index (χ1v) is 7.97. The van der Waals surface area contributed by atoms with Crippen LogP contribution in [0, 0.1) is 5.41 Å². The average Bonchev–Trinajstić information content (AvgIpc) is 2.77. The Labute approximate surface area is 119 Å². The molecule has 2 rings (SSSR count). The van der Waals surface area contributed by atoms with Crippen LogP contribution in [0.1, 0.15) is 65.7 Å². The first kappa shape index (κ1) is 14.9. The molecule has 2 heterocycles. The second kappa shape index (κ2) is 4.79. The molecule has 0 radical (unpaired) electrons. The SMILES string of the molecule is CC(C)(C)C1C[C@@H](N[S@@+]([O-])C(C)(C)C)c2ccnn21. The molecule has 0 aromatic carbocycles. The number of rotatable bonds is 2. The van der Waals surface area contributed by atoms with E-state index >= 15 is 0 Å². The van der Waals surface area contributed by atoms with Gasteiger partial charge in [0.1, 0.15) is 4.75 Å². The predicted molar refractivity (Wildman–Crippen MR) is 79.1 cm³/mol. The summed E-state index contributed by atoms with van der Waals surface area (Å²) in [5, 5.41) is 4.44. The van der Waals surface area contributed by atoms with Gasteiger partial charge in [-0.15, -0.1) is 4.72 Å². The molecule has 3 atom stereocenters. The Bertz CT molecular complexity index is 444. The molecule has 1 aromatic heterocycles. The summed E-state index contributed by atoms with van der Waals surface area (Å²) in [4.78, 5) is 0. The quantitative estimate of drug-likeness (QED) is 0.849. The van der Waals surface area contributed by atoms with Crippen LogP contribution in [0.5, 0.6) is 0 Å². The van der Waals surface area contributed by atoms with Gasteiger partial charge in [0, 0.05) is 17.6 Å². The zero-order valence-corrected chi connectivity index (χ0v) is 13.5. The summed E-state index contributed by atoms with van der Waals surface area (Å²) in [5.74, 6) is 0. The van der Waals surface area contributed by atoms with Crippen molar-refractivity contribution in [3.05, 3.63) is 18.0 Å². The van der Waals surface area contributed by atoms with Crippen molar-refractivity contribution in [3.63, 3.8) is 0 Å². The van der Waals surface area contributed by atoms with Gasteiger partial charge >= 0.3 is 0 Å². The van der Waals surface area contributed by atoms with E-state index in [1.54, 1.807) is 0 Å². The topological polar surface area (TPSA) is 52.9 Å². The van der Waals surface area contributed by atoms with Gasteiger partial charge in [-0.2, -0.15) is 5.10 Å². The van der Waals surface area contributed by atoms with Crippen molar-refractivity contribution in [2.45, 2.75) is 64.8 Å². The van der Waals surface area contributed by atoms with Crippen LogP contribution in [0.15, 0.2) is 12.3 Å². The van der Waals surface area contributed by atoms with Gasteiger partial charge in [0.15, 0.2) is 0 Å². The van der Waals surface area contributed by atoms with Crippen LogP contribution in [-0.2, 0) is 11.4 Å². The van der Waals surface area contributed by atoms with E-state index in [0.29, 0.717) is 6.04 Å². The smallest absolute Gasteiger partial charge is 0.136 e. The van der Waals surface area contributed by atoms with Gasteiger partial charge in [-0.3, -0.25) is 4.68 Å². The van der Waals surface area contributed by atoms with Crippen molar-refractivity contribution < 1.29 is 4.55 Å². The van der Waals surface area contributed by atoms with Gasteiger partial charge < -0.3 is 4.55 Å². The van der Waals surface area contributed by atoms with Crippen LogP contribution in [0.4, 0.5) is 0 Å². The number of hydrogen-bond donors (Lipinski definition) is 1. The Morgan fingerprint density at radius 1 is 1.32 bits per heavy atom. The van der Waals surface area contributed by atoms with Crippen molar-refractivity contribution in [2.75, 3.05) is 0 Å². The number of fused-ring (bicyclic) bond motifs is 1. The molecular formula is C14H25N3OS. The maximum atomic E-state index is 12.3. The second-order valence-corrected chi connectivity index (χ2v) is 9.37. The summed E-state index contributed by atoms with van der Waals surface area (Å²) >= 11 is -1.05. The van der Waals surface area contributed by atoms with Crippen LogP contribution >= 0.6 is 0 Å². The Kier molecular flexibility index (Phi) is 3.75. The molecule has 1 unspecified atom stereocenters. The molecule has 19 heavy (non-hydrogen) atoms. The lowest BCUT2D eigenvalue weighted by Gasteiger charge is -2.28. The van der Waals surface area contributed by atoms with E-state index in [1.807, 2.05) is 33.0 Å². The molecule has 1 aliphatic rings. The first-order valence-electron chi connectivity index (χ1n) is 6.82. The largest absolute Gasteiger partial charge is 0.598 e. The highest BCUT2D eigenvalue weighted by Gasteiger charge is 2.41. The minimum atomic E-state index is -1.05. The Morgan fingerprint density at radius 3 is 2.47 bits per heavy atom. The van der Waals surface area contributed by atoms with Gasteiger partial charge in [-0.1, -0.05) is 20.8 Å². The van der Waals surface area contributed by atoms with Crippen LogP contribution in [0.2, 0.25) is 0 Å². The molecule has 0 amide bonds. The molecule has 1 N–H and O–H groups in total. The third-order valence-corrected chi connectivity index (χ3v) is 5.23. The third-order valence-electron chi connectivity index (χ3n) is 3.62. The monoisotopic (exact) mass is 283 g/mol. The number of nitrogens with zero attached hydrogens (tertiary/aromatic N) is 2. The fraction of sp³-hybridized carbons (Fsp3) is 0.786. The predicted octanol–water partition coefficient (Wildman–Crippen LogP) is 2.97. The molecule has 0 aliphatic carbocycles.